The fraction of sp³-hybridized carbons (Fsp3) is 0.385. The summed E-state index contributed by atoms with van der Waals surface area (Å²) >= 11 is 0. The van der Waals surface area contributed by atoms with Gasteiger partial charge in [-0.1, -0.05) is 13.0 Å². The molecule has 0 aliphatic carbocycles. The van der Waals surface area contributed by atoms with Gasteiger partial charge in [-0.3, -0.25) is 4.79 Å². The van der Waals surface area contributed by atoms with E-state index in [0.29, 0.717) is 6.42 Å². The van der Waals surface area contributed by atoms with Crippen molar-refractivity contribution in [1.29, 1.82) is 0 Å². The molecule has 1 heterocycles. The van der Waals surface area contributed by atoms with Gasteiger partial charge < -0.3 is 10.0 Å². The molecule has 1 aliphatic heterocycles. The quantitative estimate of drug-likeness (QED) is 0.892. The number of benzene rings is 1. The summed E-state index contributed by atoms with van der Waals surface area (Å²) in [7, 11) is 0. The van der Waals surface area contributed by atoms with Crippen LogP contribution in [0.5, 0.6) is 0 Å². The van der Waals surface area contributed by atoms with Crippen LogP contribution in [0.25, 0.3) is 0 Å². The van der Waals surface area contributed by atoms with Crippen molar-refractivity contribution in [1.82, 2.24) is 4.90 Å². The van der Waals surface area contributed by atoms with Crippen LogP contribution >= 0.6 is 0 Å². The SMILES string of the molecule is CC1CCN(C(=O)c2c(F)cccc2F)C1C(=O)O. The van der Waals surface area contributed by atoms with E-state index in [2.05, 4.69) is 0 Å². The number of carbonyl (C=O) groups excluding carboxylic acids is 1. The molecule has 1 aromatic rings. The first-order chi connectivity index (χ1) is 8.93. The minimum Gasteiger partial charge on any atom is -0.480 e. The Morgan fingerprint density at radius 1 is 1.32 bits per heavy atom. The molecule has 0 radical (unpaired) electrons. The molecule has 1 fully saturated rings. The van der Waals surface area contributed by atoms with Crippen LogP contribution in [0.2, 0.25) is 0 Å². The molecule has 2 unspecified atom stereocenters. The molecule has 1 aliphatic rings. The summed E-state index contributed by atoms with van der Waals surface area (Å²) in [6.07, 6.45) is 0.499. The number of rotatable bonds is 2. The summed E-state index contributed by atoms with van der Waals surface area (Å²) in [5, 5.41) is 9.11. The minimum absolute atomic E-state index is 0.185. The molecule has 4 nitrogen and oxygen atoms in total. The maximum Gasteiger partial charge on any atom is 0.326 e. The van der Waals surface area contributed by atoms with Gasteiger partial charge >= 0.3 is 5.97 Å². The number of nitrogens with zero attached hydrogens (tertiary/aromatic N) is 1. The molecule has 0 bridgehead atoms. The summed E-state index contributed by atoms with van der Waals surface area (Å²) in [5.74, 6) is -4.26. The minimum atomic E-state index is -1.16. The van der Waals surface area contributed by atoms with Crippen LogP contribution in [-0.2, 0) is 4.79 Å². The van der Waals surface area contributed by atoms with Crippen molar-refractivity contribution < 1.29 is 23.5 Å². The smallest absolute Gasteiger partial charge is 0.326 e. The van der Waals surface area contributed by atoms with Crippen molar-refractivity contribution in [2.24, 2.45) is 5.92 Å². The third-order valence-electron chi connectivity index (χ3n) is 3.39. The van der Waals surface area contributed by atoms with Gasteiger partial charge in [-0.05, 0) is 24.5 Å². The van der Waals surface area contributed by atoms with Crippen LogP contribution in [0.15, 0.2) is 18.2 Å². The van der Waals surface area contributed by atoms with E-state index in [0.717, 1.165) is 23.1 Å². The third-order valence-corrected chi connectivity index (χ3v) is 3.39. The lowest BCUT2D eigenvalue weighted by molar-refractivity contribution is -0.142. The lowest BCUT2D eigenvalue weighted by Gasteiger charge is -2.23. The molecule has 1 saturated heterocycles. The number of carbonyl (C=O) groups is 2. The highest BCUT2D eigenvalue weighted by molar-refractivity contribution is 5.97. The van der Waals surface area contributed by atoms with E-state index in [-0.39, 0.29) is 12.5 Å². The fourth-order valence-electron chi connectivity index (χ4n) is 2.40. The molecule has 1 aromatic carbocycles. The van der Waals surface area contributed by atoms with Gasteiger partial charge in [0.2, 0.25) is 0 Å². The lowest BCUT2D eigenvalue weighted by Crippen LogP contribution is -2.43. The predicted octanol–water partition coefficient (Wildman–Crippen LogP) is 1.90. The standard InChI is InChI=1S/C13H13F2NO3/c1-7-5-6-16(11(7)13(18)19)12(17)10-8(14)3-2-4-9(10)15/h2-4,7,11H,5-6H2,1H3,(H,18,19). The Kier molecular flexibility index (Phi) is 3.50. The van der Waals surface area contributed by atoms with Crippen LogP contribution in [-0.4, -0.2) is 34.5 Å². The maximum absolute atomic E-state index is 13.5. The zero-order valence-electron chi connectivity index (χ0n) is 10.3. The van der Waals surface area contributed by atoms with Gasteiger partial charge in [-0.2, -0.15) is 0 Å². The number of carboxylic acids is 1. The van der Waals surface area contributed by atoms with E-state index < -0.39 is 35.1 Å². The molecule has 0 aromatic heterocycles. The Hall–Kier alpha value is -1.98. The van der Waals surface area contributed by atoms with E-state index in [1.807, 2.05) is 0 Å². The first-order valence-electron chi connectivity index (χ1n) is 5.91. The topological polar surface area (TPSA) is 57.6 Å². The van der Waals surface area contributed by atoms with Crippen molar-refractivity contribution in [3.05, 3.63) is 35.4 Å². The number of likely N-dealkylation sites (tertiary alicyclic amines) is 1. The van der Waals surface area contributed by atoms with Crippen LogP contribution in [0.1, 0.15) is 23.7 Å². The molecule has 1 N–H and O–H groups in total. The van der Waals surface area contributed by atoms with Gasteiger partial charge in [0.05, 0.1) is 0 Å². The molecular weight excluding hydrogens is 256 g/mol. The van der Waals surface area contributed by atoms with E-state index in [1.165, 1.54) is 0 Å². The second-order valence-corrected chi connectivity index (χ2v) is 4.64. The van der Waals surface area contributed by atoms with Crippen molar-refractivity contribution in [2.45, 2.75) is 19.4 Å². The molecule has 2 rings (SSSR count). The summed E-state index contributed by atoms with van der Waals surface area (Å²) in [4.78, 5) is 24.3. The number of aliphatic carboxylic acids is 1. The lowest BCUT2D eigenvalue weighted by atomic mass is 10.0. The number of halogens is 2. The number of hydrogen-bond acceptors (Lipinski definition) is 2. The fourth-order valence-corrected chi connectivity index (χ4v) is 2.40. The van der Waals surface area contributed by atoms with Crippen LogP contribution in [0.4, 0.5) is 8.78 Å². The highest BCUT2D eigenvalue weighted by atomic mass is 19.1. The highest BCUT2D eigenvalue weighted by Crippen LogP contribution is 2.27. The molecule has 0 saturated carbocycles. The second kappa shape index (κ2) is 4.95. The Labute approximate surface area is 108 Å². The summed E-state index contributed by atoms with van der Waals surface area (Å²) < 4.78 is 27.1. The Morgan fingerprint density at radius 2 is 1.89 bits per heavy atom. The normalized spacial score (nSPS) is 22.6. The zero-order chi connectivity index (χ0) is 14.2. The van der Waals surface area contributed by atoms with Crippen molar-refractivity contribution in [3.63, 3.8) is 0 Å². The number of hydrogen-bond donors (Lipinski definition) is 1. The van der Waals surface area contributed by atoms with Gasteiger partial charge in [0.1, 0.15) is 23.2 Å². The highest BCUT2D eigenvalue weighted by Gasteiger charge is 2.41. The van der Waals surface area contributed by atoms with Gasteiger partial charge in [-0.25, -0.2) is 13.6 Å². The van der Waals surface area contributed by atoms with E-state index >= 15 is 0 Å². The van der Waals surface area contributed by atoms with Crippen LogP contribution in [0.3, 0.4) is 0 Å². The molecular formula is C13H13F2NO3. The van der Waals surface area contributed by atoms with E-state index in [9.17, 15) is 18.4 Å². The Balaban J connectivity index is 2.37. The van der Waals surface area contributed by atoms with Crippen molar-refractivity contribution in [2.75, 3.05) is 6.54 Å². The predicted molar refractivity (Wildman–Crippen MR) is 62.6 cm³/mol. The zero-order valence-corrected chi connectivity index (χ0v) is 10.3. The Morgan fingerprint density at radius 3 is 2.42 bits per heavy atom. The first-order valence-corrected chi connectivity index (χ1v) is 5.91. The summed E-state index contributed by atoms with van der Waals surface area (Å²) in [6, 6.07) is 2.08. The number of carboxylic acid groups (broad SMARTS) is 1. The van der Waals surface area contributed by atoms with Crippen molar-refractivity contribution in [3.8, 4) is 0 Å². The van der Waals surface area contributed by atoms with Crippen molar-refractivity contribution >= 4 is 11.9 Å². The maximum atomic E-state index is 13.5. The molecule has 19 heavy (non-hydrogen) atoms. The molecule has 2 atom stereocenters. The van der Waals surface area contributed by atoms with Crippen LogP contribution < -0.4 is 0 Å². The molecule has 1 amide bonds. The largest absolute Gasteiger partial charge is 0.480 e. The molecule has 102 valence electrons. The molecule has 6 heteroatoms. The van der Waals surface area contributed by atoms with Gasteiger partial charge in [0.25, 0.3) is 5.91 Å². The summed E-state index contributed by atoms with van der Waals surface area (Å²) in [5.41, 5.74) is -0.692. The van der Waals surface area contributed by atoms with E-state index in [4.69, 9.17) is 5.11 Å². The van der Waals surface area contributed by atoms with Gasteiger partial charge in [-0.15, -0.1) is 0 Å². The van der Waals surface area contributed by atoms with E-state index in [1.54, 1.807) is 6.92 Å². The van der Waals surface area contributed by atoms with Crippen LogP contribution in [0, 0.1) is 17.6 Å². The Bertz CT molecular complexity index is 512. The third kappa shape index (κ3) is 2.30. The second-order valence-electron chi connectivity index (χ2n) is 4.64. The average molecular weight is 269 g/mol. The van der Waals surface area contributed by atoms with Gasteiger partial charge in [0.15, 0.2) is 0 Å². The monoisotopic (exact) mass is 269 g/mol. The molecule has 0 spiro atoms. The first kappa shape index (κ1) is 13.5. The summed E-state index contributed by atoms with van der Waals surface area (Å²) in [6.45, 7) is 1.88. The number of amides is 1. The van der Waals surface area contributed by atoms with Gasteiger partial charge in [0, 0.05) is 6.54 Å². The average Bonchev–Trinajstić information content (AvgIpc) is 2.70.